The normalized spacial score (nSPS) is 21.5. The Balaban J connectivity index is 1.58. The van der Waals surface area contributed by atoms with E-state index in [2.05, 4.69) is 10.6 Å². The standard InChI is InChI=1S/C19H27N3O2/c1-14-9-11-16(12-10-14)21-19(24)22-13-5-8-17(22)18(23)20-15-6-3-2-4-7-15/h9-12,15,17H,2-8,13H2,1H3,(H,20,23)(H,21,24)/t17-/m1/s1. The van der Waals surface area contributed by atoms with Crippen LogP contribution in [0.2, 0.25) is 0 Å². The highest BCUT2D eigenvalue weighted by Gasteiger charge is 2.35. The van der Waals surface area contributed by atoms with Crippen molar-refractivity contribution in [1.82, 2.24) is 10.2 Å². The lowest BCUT2D eigenvalue weighted by molar-refractivity contribution is -0.125. The van der Waals surface area contributed by atoms with E-state index in [9.17, 15) is 9.59 Å². The van der Waals surface area contributed by atoms with Gasteiger partial charge in [0.25, 0.3) is 0 Å². The van der Waals surface area contributed by atoms with Crippen LogP contribution in [0.25, 0.3) is 0 Å². The summed E-state index contributed by atoms with van der Waals surface area (Å²) in [6, 6.07) is 7.48. The number of amides is 3. The van der Waals surface area contributed by atoms with Crippen molar-refractivity contribution in [3.05, 3.63) is 29.8 Å². The Hall–Kier alpha value is -2.04. The maximum Gasteiger partial charge on any atom is 0.322 e. The molecule has 2 aliphatic rings. The summed E-state index contributed by atoms with van der Waals surface area (Å²) in [5.74, 6) is 0.0125. The van der Waals surface area contributed by atoms with Gasteiger partial charge in [-0.2, -0.15) is 0 Å². The van der Waals surface area contributed by atoms with Gasteiger partial charge in [-0.1, -0.05) is 37.0 Å². The number of rotatable bonds is 3. The van der Waals surface area contributed by atoms with E-state index in [1.54, 1.807) is 4.90 Å². The Morgan fingerprint density at radius 1 is 1.00 bits per heavy atom. The average Bonchev–Trinajstić information content (AvgIpc) is 3.08. The van der Waals surface area contributed by atoms with Crippen LogP contribution in [0.3, 0.4) is 0 Å². The lowest BCUT2D eigenvalue weighted by atomic mass is 9.95. The second-order valence-corrected chi connectivity index (χ2v) is 6.99. The molecule has 1 saturated heterocycles. The number of likely N-dealkylation sites (tertiary alicyclic amines) is 1. The van der Waals surface area contributed by atoms with Gasteiger partial charge in [-0.05, 0) is 44.7 Å². The fraction of sp³-hybridized carbons (Fsp3) is 0.579. The van der Waals surface area contributed by atoms with E-state index >= 15 is 0 Å². The quantitative estimate of drug-likeness (QED) is 0.892. The van der Waals surface area contributed by atoms with Gasteiger partial charge in [-0.25, -0.2) is 4.79 Å². The molecule has 1 atom stereocenters. The molecule has 24 heavy (non-hydrogen) atoms. The molecule has 1 heterocycles. The number of carbonyl (C=O) groups excluding carboxylic acids is 2. The first kappa shape index (κ1) is 16.8. The Labute approximate surface area is 143 Å². The number of nitrogens with one attached hydrogen (secondary N) is 2. The van der Waals surface area contributed by atoms with E-state index in [-0.39, 0.29) is 24.0 Å². The average molecular weight is 329 g/mol. The maximum absolute atomic E-state index is 12.6. The van der Waals surface area contributed by atoms with Crippen molar-refractivity contribution < 1.29 is 9.59 Å². The van der Waals surface area contributed by atoms with Crippen molar-refractivity contribution in [3.8, 4) is 0 Å². The molecular weight excluding hydrogens is 302 g/mol. The molecule has 1 aromatic rings. The predicted octanol–water partition coefficient (Wildman–Crippen LogP) is 3.44. The van der Waals surface area contributed by atoms with E-state index in [0.29, 0.717) is 6.54 Å². The first-order valence-electron chi connectivity index (χ1n) is 9.08. The molecule has 3 rings (SSSR count). The van der Waals surface area contributed by atoms with E-state index in [1.165, 1.54) is 19.3 Å². The van der Waals surface area contributed by atoms with Gasteiger partial charge in [0.1, 0.15) is 6.04 Å². The second kappa shape index (κ2) is 7.69. The zero-order valence-electron chi connectivity index (χ0n) is 14.4. The molecule has 130 valence electrons. The van der Waals surface area contributed by atoms with Crippen molar-refractivity contribution in [2.24, 2.45) is 0 Å². The molecule has 0 unspecified atom stereocenters. The Bertz CT molecular complexity index is 579. The smallest absolute Gasteiger partial charge is 0.322 e. The van der Waals surface area contributed by atoms with Crippen LogP contribution in [0.5, 0.6) is 0 Å². The zero-order valence-corrected chi connectivity index (χ0v) is 14.4. The molecule has 1 aliphatic carbocycles. The number of anilines is 1. The molecule has 1 aliphatic heterocycles. The first-order valence-corrected chi connectivity index (χ1v) is 9.08. The van der Waals surface area contributed by atoms with Crippen LogP contribution in [0.15, 0.2) is 24.3 Å². The summed E-state index contributed by atoms with van der Waals surface area (Å²) >= 11 is 0. The number of hydrogen-bond donors (Lipinski definition) is 2. The van der Waals surface area contributed by atoms with Crippen LogP contribution in [0.1, 0.15) is 50.5 Å². The number of benzene rings is 1. The van der Waals surface area contributed by atoms with Gasteiger partial charge < -0.3 is 15.5 Å². The van der Waals surface area contributed by atoms with Gasteiger partial charge in [-0.15, -0.1) is 0 Å². The van der Waals surface area contributed by atoms with Gasteiger partial charge in [0.05, 0.1) is 0 Å². The van der Waals surface area contributed by atoms with Crippen LogP contribution in [0, 0.1) is 6.92 Å². The van der Waals surface area contributed by atoms with Crippen LogP contribution in [0.4, 0.5) is 10.5 Å². The molecule has 5 heteroatoms. The summed E-state index contributed by atoms with van der Waals surface area (Å²) in [6.07, 6.45) is 7.40. The van der Waals surface area contributed by atoms with E-state index in [0.717, 1.165) is 36.9 Å². The largest absolute Gasteiger partial charge is 0.352 e. The maximum atomic E-state index is 12.6. The van der Waals surface area contributed by atoms with Gasteiger partial charge in [0, 0.05) is 18.3 Å². The molecule has 0 bridgehead atoms. The third kappa shape index (κ3) is 4.08. The SMILES string of the molecule is Cc1ccc(NC(=O)N2CCC[C@@H]2C(=O)NC2CCCCC2)cc1. The Morgan fingerprint density at radius 2 is 1.71 bits per heavy atom. The fourth-order valence-electron chi connectivity index (χ4n) is 3.66. The highest BCUT2D eigenvalue weighted by molar-refractivity contribution is 5.94. The number of aryl methyl sites for hydroxylation is 1. The number of nitrogens with zero attached hydrogens (tertiary/aromatic N) is 1. The highest BCUT2D eigenvalue weighted by atomic mass is 16.2. The third-order valence-corrected chi connectivity index (χ3v) is 5.07. The third-order valence-electron chi connectivity index (χ3n) is 5.07. The monoisotopic (exact) mass is 329 g/mol. The topological polar surface area (TPSA) is 61.4 Å². The number of hydrogen-bond acceptors (Lipinski definition) is 2. The van der Waals surface area contributed by atoms with Crippen molar-refractivity contribution in [1.29, 1.82) is 0 Å². The Kier molecular flexibility index (Phi) is 5.38. The van der Waals surface area contributed by atoms with E-state index in [4.69, 9.17) is 0 Å². The molecular formula is C19H27N3O2. The van der Waals surface area contributed by atoms with Crippen molar-refractivity contribution in [3.63, 3.8) is 0 Å². The number of carbonyl (C=O) groups is 2. The van der Waals surface area contributed by atoms with Crippen molar-refractivity contribution in [2.75, 3.05) is 11.9 Å². The van der Waals surface area contributed by atoms with Gasteiger partial charge >= 0.3 is 6.03 Å². The van der Waals surface area contributed by atoms with Crippen LogP contribution in [-0.2, 0) is 4.79 Å². The minimum atomic E-state index is -0.336. The molecule has 0 spiro atoms. The fourth-order valence-corrected chi connectivity index (χ4v) is 3.66. The molecule has 1 saturated carbocycles. The summed E-state index contributed by atoms with van der Waals surface area (Å²) in [4.78, 5) is 26.8. The molecule has 0 radical (unpaired) electrons. The molecule has 5 nitrogen and oxygen atoms in total. The zero-order chi connectivity index (χ0) is 16.9. The molecule has 3 amide bonds. The van der Waals surface area contributed by atoms with Crippen LogP contribution in [-0.4, -0.2) is 35.5 Å². The number of urea groups is 1. The summed E-state index contributed by atoms with van der Waals surface area (Å²) < 4.78 is 0. The molecule has 0 aromatic heterocycles. The van der Waals surface area contributed by atoms with E-state index < -0.39 is 0 Å². The van der Waals surface area contributed by atoms with Crippen molar-refractivity contribution in [2.45, 2.75) is 64.0 Å². The summed E-state index contributed by atoms with van der Waals surface area (Å²) in [6.45, 7) is 2.65. The van der Waals surface area contributed by atoms with Crippen LogP contribution < -0.4 is 10.6 Å². The second-order valence-electron chi connectivity index (χ2n) is 6.99. The lowest BCUT2D eigenvalue weighted by Crippen LogP contribution is -2.50. The van der Waals surface area contributed by atoms with Gasteiger partial charge in [-0.3, -0.25) is 4.79 Å². The molecule has 1 aromatic carbocycles. The van der Waals surface area contributed by atoms with Gasteiger partial charge in [0.15, 0.2) is 0 Å². The minimum Gasteiger partial charge on any atom is -0.352 e. The van der Waals surface area contributed by atoms with Gasteiger partial charge in [0.2, 0.25) is 5.91 Å². The lowest BCUT2D eigenvalue weighted by Gasteiger charge is -2.28. The van der Waals surface area contributed by atoms with Crippen LogP contribution >= 0.6 is 0 Å². The minimum absolute atomic E-state index is 0.0125. The summed E-state index contributed by atoms with van der Waals surface area (Å²) in [7, 11) is 0. The first-order chi connectivity index (χ1) is 11.6. The van der Waals surface area contributed by atoms with Crippen molar-refractivity contribution >= 4 is 17.6 Å². The van der Waals surface area contributed by atoms with E-state index in [1.807, 2.05) is 31.2 Å². The highest BCUT2D eigenvalue weighted by Crippen LogP contribution is 2.22. The summed E-state index contributed by atoms with van der Waals surface area (Å²) in [5.41, 5.74) is 1.92. The molecule has 2 N–H and O–H groups in total. The summed E-state index contributed by atoms with van der Waals surface area (Å²) in [5, 5.41) is 6.06. The molecule has 2 fully saturated rings. The predicted molar refractivity (Wildman–Crippen MR) is 94.9 cm³/mol. The Morgan fingerprint density at radius 3 is 2.42 bits per heavy atom.